The van der Waals surface area contributed by atoms with Crippen LogP contribution in [0.1, 0.15) is 21.5 Å². The highest BCUT2D eigenvalue weighted by atomic mass is 79.9. The van der Waals surface area contributed by atoms with Crippen molar-refractivity contribution in [2.45, 2.75) is 6.18 Å². The molecule has 2 N–H and O–H groups in total. The number of carbonyl (C=O) groups excluding carboxylic acids is 1. The van der Waals surface area contributed by atoms with Gasteiger partial charge in [-0.25, -0.2) is 4.68 Å². The van der Waals surface area contributed by atoms with Gasteiger partial charge in [-0.05, 0) is 36.4 Å². The maximum atomic E-state index is 13.0. The number of carbonyl (C=O) groups is 1. The summed E-state index contributed by atoms with van der Waals surface area (Å²) >= 11 is 8.88. The first kappa shape index (κ1) is 18.5. The Balaban J connectivity index is 1.98. The van der Waals surface area contributed by atoms with E-state index in [1.165, 1.54) is 23.1 Å². The maximum Gasteiger partial charge on any atom is 0.417 e. The van der Waals surface area contributed by atoms with Crippen LogP contribution in [0, 0.1) is 0 Å². The van der Waals surface area contributed by atoms with Gasteiger partial charge < -0.3 is 5.73 Å². The Morgan fingerprint density at radius 2 is 1.92 bits per heavy atom. The molecule has 0 aliphatic heterocycles. The van der Waals surface area contributed by atoms with Crippen LogP contribution in [-0.2, 0) is 6.18 Å². The van der Waals surface area contributed by atoms with Crippen LogP contribution in [0.3, 0.4) is 0 Å². The highest BCUT2D eigenvalue weighted by molar-refractivity contribution is 9.10. The number of hydrogen-bond donors (Lipinski definition) is 1. The molecule has 3 aromatic rings. The summed E-state index contributed by atoms with van der Waals surface area (Å²) in [5.74, 6) is -0.389. The number of nitrogens with two attached hydrogens (primary N) is 1. The molecule has 1 heterocycles. The van der Waals surface area contributed by atoms with Gasteiger partial charge in [0.25, 0.3) is 0 Å². The van der Waals surface area contributed by atoms with Gasteiger partial charge in [0.2, 0.25) is 0 Å². The van der Waals surface area contributed by atoms with E-state index in [0.717, 1.165) is 12.1 Å². The van der Waals surface area contributed by atoms with Gasteiger partial charge in [-0.1, -0.05) is 27.5 Å². The molecular formula is C17H10BrClF3N3O. The van der Waals surface area contributed by atoms with E-state index in [0.29, 0.717) is 4.47 Å². The van der Waals surface area contributed by atoms with E-state index in [2.05, 4.69) is 21.0 Å². The standard InChI is InChI=1S/C17H10BrClF3N3O/c18-10-1-4-15(23)12(5-10)16(26)9-7-24-25(8-9)11-2-3-14(19)13(6-11)17(20,21)22/h1-8H,23H2. The Morgan fingerprint density at radius 3 is 2.62 bits per heavy atom. The molecule has 4 nitrogen and oxygen atoms in total. The van der Waals surface area contributed by atoms with Crippen molar-refractivity contribution in [3.8, 4) is 5.69 Å². The molecule has 0 aliphatic carbocycles. The molecule has 3 rings (SSSR count). The van der Waals surface area contributed by atoms with Crippen LogP contribution in [0.25, 0.3) is 5.69 Å². The number of hydrogen-bond acceptors (Lipinski definition) is 3. The molecule has 0 radical (unpaired) electrons. The third-order valence-electron chi connectivity index (χ3n) is 3.62. The Kier molecular flexibility index (Phi) is 4.81. The van der Waals surface area contributed by atoms with Gasteiger partial charge in [0.1, 0.15) is 0 Å². The Hall–Kier alpha value is -2.32. The second-order valence-electron chi connectivity index (χ2n) is 5.40. The summed E-state index contributed by atoms with van der Waals surface area (Å²) in [5, 5.41) is 3.56. The van der Waals surface area contributed by atoms with E-state index in [4.69, 9.17) is 17.3 Å². The quantitative estimate of drug-likeness (QED) is 0.450. The second-order valence-corrected chi connectivity index (χ2v) is 6.72. The highest BCUT2D eigenvalue weighted by Crippen LogP contribution is 2.35. The first-order valence-electron chi connectivity index (χ1n) is 7.18. The minimum atomic E-state index is -4.59. The zero-order valence-electron chi connectivity index (χ0n) is 12.9. The minimum absolute atomic E-state index is 0.128. The molecule has 0 unspecified atom stereocenters. The lowest BCUT2D eigenvalue weighted by molar-refractivity contribution is -0.137. The number of aromatic nitrogens is 2. The predicted molar refractivity (Wildman–Crippen MR) is 95.6 cm³/mol. The summed E-state index contributed by atoms with van der Waals surface area (Å²) in [4.78, 5) is 12.6. The van der Waals surface area contributed by atoms with Crippen LogP contribution in [0.2, 0.25) is 5.02 Å². The van der Waals surface area contributed by atoms with Crippen molar-refractivity contribution in [1.29, 1.82) is 0 Å². The van der Waals surface area contributed by atoms with Crippen molar-refractivity contribution >= 4 is 39.0 Å². The fourth-order valence-electron chi connectivity index (χ4n) is 2.33. The zero-order chi connectivity index (χ0) is 19.1. The van der Waals surface area contributed by atoms with Gasteiger partial charge in [-0.3, -0.25) is 4.79 Å². The molecule has 0 saturated carbocycles. The van der Waals surface area contributed by atoms with Crippen molar-refractivity contribution in [1.82, 2.24) is 9.78 Å². The van der Waals surface area contributed by atoms with Crippen LogP contribution in [0.15, 0.2) is 53.3 Å². The maximum absolute atomic E-state index is 13.0. The molecular weight excluding hydrogens is 435 g/mol. The van der Waals surface area contributed by atoms with Gasteiger partial charge in [-0.2, -0.15) is 18.3 Å². The lowest BCUT2D eigenvalue weighted by Crippen LogP contribution is -2.07. The second kappa shape index (κ2) is 6.77. The van der Waals surface area contributed by atoms with Crippen LogP contribution in [0.4, 0.5) is 18.9 Å². The lowest BCUT2D eigenvalue weighted by Gasteiger charge is -2.10. The Morgan fingerprint density at radius 1 is 1.19 bits per heavy atom. The summed E-state index contributed by atoms with van der Waals surface area (Å²) in [6.45, 7) is 0. The molecule has 9 heteroatoms. The number of rotatable bonds is 3. The van der Waals surface area contributed by atoms with Crippen LogP contribution >= 0.6 is 27.5 Å². The molecule has 134 valence electrons. The summed E-state index contributed by atoms with van der Waals surface area (Å²) in [5.41, 5.74) is 5.72. The number of benzene rings is 2. The summed E-state index contributed by atoms with van der Waals surface area (Å²) in [6, 6.07) is 8.23. The van der Waals surface area contributed by atoms with E-state index in [-0.39, 0.29) is 28.3 Å². The third-order valence-corrected chi connectivity index (χ3v) is 4.45. The minimum Gasteiger partial charge on any atom is -0.398 e. The first-order chi connectivity index (χ1) is 12.2. The van der Waals surface area contributed by atoms with Gasteiger partial charge >= 0.3 is 6.18 Å². The number of nitrogen functional groups attached to an aromatic ring is 1. The van der Waals surface area contributed by atoms with E-state index in [9.17, 15) is 18.0 Å². The molecule has 0 spiro atoms. The van der Waals surface area contributed by atoms with Gasteiger partial charge in [-0.15, -0.1) is 0 Å². The Bertz CT molecular complexity index is 1000. The van der Waals surface area contributed by atoms with E-state index < -0.39 is 16.8 Å². The van der Waals surface area contributed by atoms with Gasteiger partial charge in [0, 0.05) is 21.9 Å². The molecule has 2 aromatic carbocycles. The van der Waals surface area contributed by atoms with Crippen molar-refractivity contribution in [2.75, 3.05) is 5.73 Å². The van der Waals surface area contributed by atoms with E-state index >= 15 is 0 Å². The number of alkyl halides is 3. The fraction of sp³-hybridized carbons (Fsp3) is 0.0588. The van der Waals surface area contributed by atoms with Gasteiger partial charge in [0.15, 0.2) is 5.78 Å². The normalized spacial score (nSPS) is 11.6. The SMILES string of the molecule is Nc1ccc(Br)cc1C(=O)c1cnn(-c2ccc(Cl)c(C(F)(F)F)c2)c1. The van der Waals surface area contributed by atoms with Crippen molar-refractivity contribution in [2.24, 2.45) is 0 Å². The zero-order valence-corrected chi connectivity index (χ0v) is 15.2. The first-order valence-corrected chi connectivity index (χ1v) is 8.35. The smallest absolute Gasteiger partial charge is 0.398 e. The van der Waals surface area contributed by atoms with Crippen molar-refractivity contribution < 1.29 is 18.0 Å². The number of anilines is 1. The van der Waals surface area contributed by atoms with Gasteiger partial charge in [0.05, 0.1) is 28.0 Å². The van der Waals surface area contributed by atoms with Crippen molar-refractivity contribution in [3.63, 3.8) is 0 Å². The molecule has 0 atom stereocenters. The molecule has 0 aliphatic rings. The third kappa shape index (κ3) is 3.61. The molecule has 26 heavy (non-hydrogen) atoms. The highest BCUT2D eigenvalue weighted by Gasteiger charge is 2.33. The number of ketones is 1. The summed E-state index contributed by atoms with van der Waals surface area (Å²) in [6.07, 6.45) is -1.99. The molecule has 0 bridgehead atoms. The fourth-order valence-corrected chi connectivity index (χ4v) is 2.92. The summed E-state index contributed by atoms with van der Waals surface area (Å²) in [7, 11) is 0. The lowest BCUT2D eigenvalue weighted by atomic mass is 10.0. The average Bonchev–Trinajstić information content (AvgIpc) is 3.06. The van der Waals surface area contributed by atoms with Crippen molar-refractivity contribution in [3.05, 3.63) is 75.0 Å². The van der Waals surface area contributed by atoms with Crippen LogP contribution in [0.5, 0.6) is 0 Å². The number of halogens is 5. The molecule has 0 fully saturated rings. The van der Waals surface area contributed by atoms with E-state index in [1.807, 2.05) is 0 Å². The number of nitrogens with zero attached hydrogens (tertiary/aromatic N) is 2. The topological polar surface area (TPSA) is 60.9 Å². The molecule has 1 aromatic heterocycles. The molecule has 0 saturated heterocycles. The molecule has 0 amide bonds. The van der Waals surface area contributed by atoms with E-state index in [1.54, 1.807) is 18.2 Å². The average molecular weight is 445 g/mol. The monoisotopic (exact) mass is 443 g/mol. The predicted octanol–water partition coefficient (Wildman–Crippen LogP) is 5.12. The van der Waals surface area contributed by atoms with Crippen LogP contribution in [-0.4, -0.2) is 15.6 Å². The Labute approximate surface area is 159 Å². The largest absolute Gasteiger partial charge is 0.417 e. The van der Waals surface area contributed by atoms with Crippen LogP contribution < -0.4 is 5.73 Å². The summed E-state index contributed by atoms with van der Waals surface area (Å²) < 4.78 is 40.8.